The lowest BCUT2D eigenvalue weighted by molar-refractivity contribution is 0.340. The third-order valence-electron chi connectivity index (χ3n) is 2.96. The maximum Gasteiger partial charge on any atom is 0.191 e. The highest BCUT2D eigenvalue weighted by molar-refractivity contribution is 7.80. The number of hydrazone groups is 1. The Labute approximate surface area is 136 Å². The zero-order chi connectivity index (χ0) is 15.8. The molecule has 22 heavy (non-hydrogen) atoms. The molecule has 0 aliphatic heterocycles. The Kier molecular flexibility index (Phi) is 5.91. The normalized spacial score (nSPS) is 10.5. The Bertz CT molecular complexity index is 653. The molecule has 2 aromatic rings. The van der Waals surface area contributed by atoms with Gasteiger partial charge >= 0.3 is 0 Å². The topological polar surface area (TPSA) is 45.6 Å². The molecule has 5 heteroatoms. The number of benzene rings is 2. The van der Waals surface area contributed by atoms with E-state index in [1.807, 2.05) is 62.4 Å². The van der Waals surface area contributed by atoms with E-state index in [0.717, 1.165) is 22.6 Å². The number of hydrogen-bond donors (Lipinski definition) is 2. The molecule has 2 N–H and O–H groups in total. The molecule has 0 heterocycles. The quantitative estimate of drug-likeness (QED) is 0.502. The second kappa shape index (κ2) is 8.14. The van der Waals surface area contributed by atoms with Crippen LogP contribution in [0.1, 0.15) is 18.1 Å². The molecule has 0 aromatic heterocycles. The van der Waals surface area contributed by atoms with Crippen LogP contribution in [0, 0.1) is 6.92 Å². The number of anilines is 1. The fourth-order valence-corrected chi connectivity index (χ4v) is 2.01. The molecule has 4 nitrogen and oxygen atoms in total. The SMILES string of the molecule is CCOc1ccc(/C=N\NC(=S)Nc2ccccc2C)cc1. The summed E-state index contributed by atoms with van der Waals surface area (Å²) in [6.07, 6.45) is 1.71. The number of nitrogens with zero attached hydrogens (tertiary/aromatic N) is 1. The highest BCUT2D eigenvalue weighted by Crippen LogP contribution is 2.13. The zero-order valence-corrected chi connectivity index (χ0v) is 13.5. The van der Waals surface area contributed by atoms with Gasteiger partial charge in [0.25, 0.3) is 0 Å². The van der Waals surface area contributed by atoms with Crippen LogP contribution in [0.3, 0.4) is 0 Å². The minimum absolute atomic E-state index is 0.455. The van der Waals surface area contributed by atoms with E-state index in [-0.39, 0.29) is 0 Å². The first kappa shape index (κ1) is 16.0. The van der Waals surface area contributed by atoms with Crippen molar-refractivity contribution >= 4 is 29.2 Å². The molecule has 2 rings (SSSR count). The van der Waals surface area contributed by atoms with Crippen molar-refractivity contribution in [3.05, 3.63) is 59.7 Å². The largest absolute Gasteiger partial charge is 0.494 e. The Morgan fingerprint density at radius 3 is 2.59 bits per heavy atom. The second-order valence-corrected chi connectivity index (χ2v) is 5.05. The van der Waals surface area contributed by atoms with E-state index in [4.69, 9.17) is 17.0 Å². The standard InChI is InChI=1S/C17H19N3OS/c1-3-21-15-10-8-14(9-11-15)12-18-20-17(22)19-16-7-5-4-6-13(16)2/h4-12H,3H2,1-2H3,(H2,19,20,22)/b18-12-. The van der Waals surface area contributed by atoms with Crippen LogP contribution in [0.15, 0.2) is 53.6 Å². The van der Waals surface area contributed by atoms with Gasteiger partial charge in [0.1, 0.15) is 5.75 Å². The molecular weight excluding hydrogens is 294 g/mol. The van der Waals surface area contributed by atoms with Gasteiger partial charge in [0.05, 0.1) is 12.8 Å². The summed E-state index contributed by atoms with van der Waals surface area (Å²) in [5.74, 6) is 0.851. The minimum atomic E-state index is 0.455. The Hall–Kier alpha value is -2.40. The van der Waals surface area contributed by atoms with Gasteiger partial charge in [0.2, 0.25) is 0 Å². The Morgan fingerprint density at radius 1 is 1.18 bits per heavy atom. The first-order valence-corrected chi connectivity index (χ1v) is 7.48. The average molecular weight is 313 g/mol. The van der Waals surface area contributed by atoms with Gasteiger partial charge in [0, 0.05) is 5.69 Å². The molecule has 0 unspecified atom stereocenters. The van der Waals surface area contributed by atoms with Crippen molar-refractivity contribution in [2.75, 3.05) is 11.9 Å². The average Bonchev–Trinajstić information content (AvgIpc) is 2.52. The summed E-state index contributed by atoms with van der Waals surface area (Å²) in [6.45, 7) is 4.64. The molecule has 0 saturated heterocycles. The van der Waals surface area contributed by atoms with Gasteiger partial charge < -0.3 is 10.1 Å². The van der Waals surface area contributed by atoms with Crippen LogP contribution in [0.25, 0.3) is 0 Å². The van der Waals surface area contributed by atoms with Crippen LogP contribution in [0.4, 0.5) is 5.69 Å². The molecule has 114 valence electrons. The number of rotatable bonds is 5. The van der Waals surface area contributed by atoms with Crippen LogP contribution >= 0.6 is 12.2 Å². The summed E-state index contributed by atoms with van der Waals surface area (Å²) in [5, 5.41) is 7.69. The number of hydrogen-bond acceptors (Lipinski definition) is 3. The summed E-state index contributed by atoms with van der Waals surface area (Å²) < 4.78 is 5.39. The summed E-state index contributed by atoms with van der Waals surface area (Å²) in [5.41, 5.74) is 5.87. The second-order valence-electron chi connectivity index (χ2n) is 4.64. The van der Waals surface area contributed by atoms with E-state index in [0.29, 0.717) is 11.7 Å². The molecule has 0 atom stereocenters. The fourth-order valence-electron chi connectivity index (χ4n) is 1.85. The van der Waals surface area contributed by atoms with Crippen LogP contribution in [0.5, 0.6) is 5.75 Å². The van der Waals surface area contributed by atoms with E-state index in [2.05, 4.69) is 15.8 Å². The minimum Gasteiger partial charge on any atom is -0.494 e. The van der Waals surface area contributed by atoms with Crippen molar-refractivity contribution in [2.24, 2.45) is 5.10 Å². The highest BCUT2D eigenvalue weighted by atomic mass is 32.1. The zero-order valence-electron chi connectivity index (χ0n) is 12.7. The first-order chi connectivity index (χ1) is 10.7. The van der Waals surface area contributed by atoms with Crippen LogP contribution in [-0.2, 0) is 0 Å². The molecule has 0 saturated carbocycles. The Balaban J connectivity index is 1.86. The lowest BCUT2D eigenvalue weighted by Crippen LogP contribution is -2.24. The van der Waals surface area contributed by atoms with Gasteiger partial charge in [-0.05, 0) is 67.5 Å². The molecule has 0 aliphatic rings. The Morgan fingerprint density at radius 2 is 1.91 bits per heavy atom. The summed E-state index contributed by atoms with van der Waals surface area (Å²) in [4.78, 5) is 0. The fraction of sp³-hybridized carbons (Fsp3) is 0.176. The van der Waals surface area contributed by atoms with Gasteiger partial charge in [-0.25, -0.2) is 0 Å². The van der Waals surface area contributed by atoms with Crippen molar-refractivity contribution in [1.29, 1.82) is 0 Å². The number of aryl methyl sites for hydroxylation is 1. The molecule has 0 aliphatic carbocycles. The van der Waals surface area contributed by atoms with E-state index < -0.39 is 0 Å². The first-order valence-electron chi connectivity index (χ1n) is 7.07. The third-order valence-corrected chi connectivity index (χ3v) is 3.16. The number of ether oxygens (including phenoxy) is 1. The molecular formula is C17H19N3OS. The number of para-hydroxylation sites is 1. The monoisotopic (exact) mass is 313 g/mol. The molecule has 0 spiro atoms. The highest BCUT2D eigenvalue weighted by Gasteiger charge is 1.98. The van der Waals surface area contributed by atoms with Crippen LogP contribution in [0.2, 0.25) is 0 Å². The van der Waals surface area contributed by atoms with Crippen LogP contribution < -0.4 is 15.5 Å². The van der Waals surface area contributed by atoms with E-state index >= 15 is 0 Å². The van der Waals surface area contributed by atoms with Crippen molar-refractivity contribution in [3.8, 4) is 5.75 Å². The third kappa shape index (κ3) is 4.86. The van der Waals surface area contributed by atoms with E-state index in [1.54, 1.807) is 6.21 Å². The number of thiocarbonyl (C=S) groups is 1. The number of nitrogens with one attached hydrogen (secondary N) is 2. The summed E-state index contributed by atoms with van der Waals surface area (Å²) in [7, 11) is 0. The lowest BCUT2D eigenvalue weighted by Gasteiger charge is -2.09. The van der Waals surface area contributed by atoms with Gasteiger partial charge in [0.15, 0.2) is 5.11 Å². The van der Waals surface area contributed by atoms with Crippen molar-refractivity contribution in [2.45, 2.75) is 13.8 Å². The van der Waals surface area contributed by atoms with Crippen molar-refractivity contribution in [1.82, 2.24) is 5.43 Å². The molecule has 0 bridgehead atoms. The molecule has 0 amide bonds. The molecule has 2 aromatic carbocycles. The van der Waals surface area contributed by atoms with Gasteiger partial charge in [-0.2, -0.15) is 5.10 Å². The summed E-state index contributed by atoms with van der Waals surface area (Å²) >= 11 is 5.21. The molecule has 0 fully saturated rings. The van der Waals surface area contributed by atoms with Gasteiger partial charge in [-0.1, -0.05) is 18.2 Å². The van der Waals surface area contributed by atoms with Crippen molar-refractivity contribution in [3.63, 3.8) is 0 Å². The van der Waals surface area contributed by atoms with Gasteiger partial charge in [-0.3, -0.25) is 5.43 Å². The maximum absolute atomic E-state index is 5.39. The summed E-state index contributed by atoms with van der Waals surface area (Å²) in [6, 6.07) is 15.6. The predicted octanol–water partition coefficient (Wildman–Crippen LogP) is 3.71. The lowest BCUT2D eigenvalue weighted by atomic mass is 10.2. The predicted molar refractivity (Wildman–Crippen MR) is 95.7 cm³/mol. The van der Waals surface area contributed by atoms with E-state index in [1.165, 1.54) is 0 Å². The van der Waals surface area contributed by atoms with Crippen molar-refractivity contribution < 1.29 is 4.74 Å². The maximum atomic E-state index is 5.39. The van der Waals surface area contributed by atoms with Gasteiger partial charge in [-0.15, -0.1) is 0 Å². The van der Waals surface area contributed by atoms with Crippen LogP contribution in [-0.4, -0.2) is 17.9 Å². The van der Waals surface area contributed by atoms with E-state index in [9.17, 15) is 0 Å². The smallest absolute Gasteiger partial charge is 0.191 e. The molecule has 0 radical (unpaired) electrons.